The maximum absolute atomic E-state index is 5.33. The first-order valence-corrected chi connectivity index (χ1v) is 36.2. The molecule has 12 heteroatoms. The lowest BCUT2D eigenvalue weighted by Gasteiger charge is -2.12. The van der Waals surface area contributed by atoms with E-state index in [4.69, 9.17) is 56.8 Å². The van der Waals surface area contributed by atoms with Gasteiger partial charge in [-0.15, -0.1) is 0 Å². The predicted molar refractivity (Wildman–Crippen MR) is 461 cm³/mol. The summed E-state index contributed by atoms with van der Waals surface area (Å²) in [6.07, 6.45) is 17.5. The van der Waals surface area contributed by atoms with Gasteiger partial charge in [0.1, 0.15) is 79.3 Å². The average molecular weight is 1490 g/mol. The molecule has 0 heterocycles. The van der Waals surface area contributed by atoms with Gasteiger partial charge in [0.15, 0.2) is 0 Å². The third-order valence-electron chi connectivity index (χ3n) is 17.5. The second-order valence-electron chi connectivity index (χ2n) is 24.8. The molecule has 570 valence electrons. The monoisotopic (exact) mass is 1490 g/mol. The normalized spacial score (nSPS) is 10.1. The highest BCUT2D eigenvalue weighted by Crippen LogP contribution is 2.30. The van der Waals surface area contributed by atoms with E-state index in [1.54, 1.807) is 0 Å². The maximum Gasteiger partial charge on any atom is 0.113 e. The van der Waals surface area contributed by atoms with E-state index in [1.807, 2.05) is 30.3 Å². The van der Waals surface area contributed by atoms with E-state index in [0.29, 0.717) is 79.3 Å². The summed E-state index contributed by atoms with van der Waals surface area (Å²) >= 11 is 0. The number of rotatable bonds is 36. The molecule has 0 spiro atoms. The van der Waals surface area contributed by atoms with E-state index in [-0.39, 0.29) is 0 Å². The molecule has 0 saturated heterocycles. The van der Waals surface area contributed by atoms with Crippen LogP contribution < -0.4 is 0 Å². The van der Waals surface area contributed by atoms with Crippen LogP contribution in [0.1, 0.15) is 66.8 Å². The smallest absolute Gasteiger partial charge is 0.113 e. The Labute approximate surface area is 659 Å². The molecule has 0 atom stereocenters. The van der Waals surface area contributed by atoms with Crippen LogP contribution in [0.4, 0.5) is 0 Å². The summed E-state index contributed by atoms with van der Waals surface area (Å²) < 4.78 is 62.8. The van der Waals surface area contributed by atoms with Crippen molar-refractivity contribution in [1.82, 2.24) is 0 Å². The predicted octanol–water partition coefficient (Wildman–Crippen LogP) is 26.1. The Balaban J connectivity index is 0.000000169. The van der Waals surface area contributed by atoms with Crippen LogP contribution >= 0.6 is 0 Å². The van der Waals surface area contributed by atoms with E-state index in [2.05, 4.69) is 279 Å². The lowest BCUT2D eigenvalue weighted by atomic mass is 10.00. The van der Waals surface area contributed by atoms with Gasteiger partial charge < -0.3 is 56.8 Å². The van der Waals surface area contributed by atoms with Crippen molar-refractivity contribution in [3.05, 3.63) is 451 Å². The highest BCUT2D eigenvalue weighted by Gasteiger charge is 2.11. The quantitative estimate of drug-likeness (QED) is 0.0275. The average Bonchev–Trinajstić information content (AvgIpc) is 0.775. The molecule has 0 bridgehead atoms. The highest BCUT2D eigenvalue weighted by atomic mass is 16.5. The second kappa shape index (κ2) is 47.1. The van der Waals surface area contributed by atoms with Crippen molar-refractivity contribution in [1.29, 1.82) is 0 Å². The molecule has 0 aliphatic carbocycles. The number of hydrogen-bond acceptors (Lipinski definition) is 12. The summed E-state index contributed by atoms with van der Waals surface area (Å²) in [5.41, 5.74) is 13.6. The van der Waals surface area contributed by atoms with Gasteiger partial charge in [0, 0.05) is 5.56 Å². The third-order valence-corrected chi connectivity index (χ3v) is 17.5. The molecule has 12 nitrogen and oxygen atoms in total. The van der Waals surface area contributed by atoms with E-state index < -0.39 is 0 Å². The lowest BCUT2D eigenvalue weighted by molar-refractivity contribution is 0.220. The van der Waals surface area contributed by atoms with Crippen LogP contribution in [0.3, 0.4) is 0 Å². The van der Waals surface area contributed by atoms with Crippen LogP contribution in [0, 0.1) is 0 Å². The van der Waals surface area contributed by atoms with E-state index in [9.17, 15) is 0 Å². The summed E-state index contributed by atoms with van der Waals surface area (Å²) in [6.45, 7) is 49.1. The van der Waals surface area contributed by atoms with Crippen LogP contribution in [-0.4, -0.2) is 0 Å². The fourth-order valence-electron chi connectivity index (χ4n) is 12.1. The third kappa shape index (κ3) is 26.0. The van der Waals surface area contributed by atoms with Crippen molar-refractivity contribution in [2.24, 2.45) is 0 Å². The van der Waals surface area contributed by atoms with Crippen LogP contribution in [-0.2, 0) is 136 Å². The second-order valence-corrected chi connectivity index (χ2v) is 24.8. The van der Waals surface area contributed by atoms with Gasteiger partial charge in [-0.1, -0.05) is 255 Å². The largest absolute Gasteiger partial charge is 0.497 e. The maximum atomic E-state index is 5.33. The molecular formula is C100H98O12. The topological polar surface area (TPSA) is 111 Å². The Bertz CT molecular complexity index is 5060. The summed E-state index contributed by atoms with van der Waals surface area (Å²) in [5.74, 6) is 0. The van der Waals surface area contributed by atoms with Crippen molar-refractivity contribution in [3.63, 3.8) is 0 Å². The van der Waals surface area contributed by atoms with Gasteiger partial charge in [0.2, 0.25) is 0 Å². The summed E-state index contributed by atoms with van der Waals surface area (Å²) in [6, 6.07) is 79.5. The van der Waals surface area contributed by atoms with Gasteiger partial charge in [-0.3, -0.25) is 0 Å². The molecular weight excluding hydrogens is 1390 g/mol. The summed E-state index contributed by atoms with van der Waals surface area (Å²) in [4.78, 5) is 0. The SMILES string of the molecule is C=COCc1ccc(COC=C)c2ccccc12.C=COCc1ccc2c(COC=C)cccc2c1.C=COCc1ccc2cc(COC=C)ccc2c1.C=COCc1ccc2cc3cc(COC=C)ccc3cc2c1.C=COCc1ccc2ccc(COC=C)cc2c1.C=COCc1ccc2ccccc2c1COC=C. The molecule has 0 saturated carbocycles. The molecule has 13 rings (SSSR count). The molecule has 13 aromatic carbocycles. The van der Waals surface area contributed by atoms with Crippen LogP contribution in [0.25, 0.3) is 75.4 Å². The van der Waals surface area contributed by atoms with Crippen molar-refractivity contribution in [2.45, 2.75) is 79.3 Å². The molecule has 0 unspecified atom stereocenters. The Morgan fingerprint density at radius 1 is 0.161 bits per heavy atom. The van der Waals surface area contributed by atoms with Gasteiger partial charge in [-0.2, -0.15) is 0 Å². The van der Waals surface area contributed by atoms with E-state index >= 15 is 0 Å². The first-order chi connectivity index (χ1) is 55.0. The van der Waals surface area contributed by atoms with Crippen molar-refractivity contribution in [2.75, 3.05) is 0 Å². The molecule has 0 aliphatic rings. The van der Waals surface area contributed by atoms with Crippen LogP contribution in [0.5, 0.6) is 0 Å². The van der Waals surface area contributed by atoms with Crippen molar-refractivity contribution >= 4 is 75.4 Å². The Hall–Kier alpha value is -13.8. The van der Waals surface area contributed by atoms with Gasteiger partial charge in [0.05, 0.1) is 75.1 Å². The zero-order valence-corrected chi connectivity index (χ0v) is 63.7. The number of benzene rings is 13. The number of ether oxygens (including phenoxy) is 12. The minimum atomic E-state index is 0.501. The molecule has 112 heavy (non-hydrogen) atoms. The fraction of sp³-hybridized carbons (Fsp3) is 0.120. The number of fused-ring (bicyclic) bond motifs is 7. The Morgan fingerprint density at radius 3 is 0.786 bits per heavy atom. The van der Waals surface area contributed by atoms with Gasteiger partial charge in [-0.25, -0.2) is 0 Å². The van der Waals surface area contributed by atoms with Crippen LogP contribution in [0.2, 0.25) is 0 Å². The molecule has 0 aliphatic heterocycles. The first kappa shape index (κ1) is 83.8. The standard InChI is InChI=1S/C20H18O2.5C16H16O2/c1-3-21-13-15-5-7-17-12-20-10-16(14-22-4-2)6-8-18(20)11-19(17)9-15;1-3-17-11-13-5-7-16-10-14(12-18-4-2)6-8-15(16)9-13;1-3-17-11-13-5-7-15-8-6-14(12-18-4-2)10-16(15)9-13;1-3-17-11-13-8-9-16-14(10-13)6-5-7-15(16)12-18-4-2;1-3-17-11-13-9-10-14(12-18-4-2)16-8-6-5-7-15(13)16;1-3-17-11-14-10-9-13-7-5-6-8-15(13)16(14)12-18-4-2/h3-12H,1-2,13-14H2;5*3-10H,1-2,11-12H2. The van der Waals surface area contributed by atoms with Crippen LogP contribution in [0.15, 0.2) is 385 Å². The lowest BCUT2D eigenvalue weighted by Crippen LogP contribution is -1.98. The molecule has 0 radical (unpaired) electrons. The van der Waals surface area contributed by atoms with Crippen molar-refractivity contribution in [3.8, 4) is 0 Å². The summed E-state index contributed by atoms with van der Waals surface area (Å²) in [5, 5.41) is 16.8. The van der Waals surface area contributed by atoms with E-state index in [1.165, 1.54) is 151 Å². The zero-order chi connectivity index (χ0) is 79.3. The highest BCUT2D eigenvalue weighted by molar-refractivity contribution is 5.99. The molecule has 0 N–H and O–H groups in total. The Kier molecular flexibility index (Phi) is 35.2. The minimum Gasteiger partial charge on any atom is -0.497 e. The summed E-state index contributed by atoms with van der Waals surface area (Å²) in [7, 11) is 0. The molecule has 13 aromatic rings. The van der Waals surface area contributed by atoms with Gasteiger partial charge in [-0.05, 0) is 191 Å². The van der Waals surface area contributed by atoms with Gasteiger partial charge >= 0.3 is 0 Å². The van der Waals surface area contributed by atoms with Gasteiger partial charge in [0.25, 0.3) is 0 Å². The fourth-order valence-corrected chi connectivity index (χ4v) is 12.1. The van der Waals surface area contributed by atoms with Crippen molar-refractivity contribution < 1.29 is 56.8 Å². The molecule has 0 amide bonds. The molecule has 0 aromatic heterocycles. The molecule has 0 fully saturated rings. The van der Waals surface area contributed by atoms with E-state index in [0.717, 1.165) is 66.8 Å². The number of hydrogen-bond donors (Lipinski definition) is 0. The first-order valence-electron chi connectivity index (χ1n) is 36.2. The zero-order valence-electron chi connectivity index (χ0n) is 63.7. The minimum absolute atomic E-state index is 0.501. The Morgan fingerprint density at radius 2 is 0.411 bits per heavy atom.